The molecule has 6 heteroatoms. The number of hydrogen-bond donors (Lipinski definition) is 0. The molecule has 0 spiro atoms. The van der Waals surface area contributed by atoms with Crippen molar-refractivity contribution in [2.45, 2.75) is 13.1 Å². The van der Waals surface area contributed by atoms with Crippen LogP contribution in [0.4, 0.5) is 17.6 Å². The van der Waals surface area contributed by atoms with E-state index < -0.39 is 17.6 Å². The van der Waals surface area contributed by atoms with Crippen LogP contribution in [0, 0.1) is 12.7 Å². The third kappa shape index (κ3) is 2.87. The van der Waals surface area contributed by atoms with Crippen LogP contribution in [0.15, 0.2) is 30.3 Å². The van der Waals surface area contributed by atoms with E-state index in [1.165, 1.54) is 25.1 Å². The molecule has 0 radical (unpaired) electrons. The first-order valence-electron chi connectivity index (χ1n) is 5.29. The number of nitrogens with zero attached hydrogens (tertiary/aromatic N) is 1. The van der Waals surface area contributed by atoms with Crippen molar-refractivity contribution in [2.24, 2.45) is 0 Å². The van der Waals surface area contributed by atoms with Crippen molar-refractivity contribution in [3.63, 3.8) is 0 Å². The van der Waals surface area contributed by atoms with E-state index in [0.717, 1.165) is 12.1 Å². The molecule has 19 heavy (non-hydrogen) atoms. The van der Waals surface area contributed by atoms with E-state index in [9.17, 15) is 17.6 Å². The Morgan fingerprint density at radius 2 is 1.84 bits per heavy atom. The molecule has 0 fully saturated rings. The highest BCUT2D eigenvalue weighted by Crippen LogP contribution is 2.34. The summed E-state index contributed by atoms with van der Waals surface area (Å²) in [5.41, 5.74) is -0.402. The van der Waals surface area contributed by atoms with E-state index in [0.29, 0.717) is 0 Å². The normalized spacial score (nSPS) is 11.7. The van der Waals surface area contributed by atoms with Gasteiger partial charge in [0.2, 0.25) is 0 Å². The highest BCUT2D eigenvalue weighted by molar-refractivity contribution is 6.29. The Kier molecular flexibility index (Phi) is 3.49. The molecule has 0 aliphatic rings. The smallest absolute Gasteiger partial charge is 0.236 e. The molecule has 0 N–H and O–H groups in total. The van der Waals surface area contributed by atoms with Crippen LogP contribution in [0.1, 0.15) is 11.1 Å². The van der Waals surface area contributed by atoms with Crippen molar-refractivity contribution in [2.75, 3.05) is 0 Å². The molecule has 0 aliphatic carbocycles. The van der Waals surface area contributed by atoms with Gasteiger partial charge in [-0.1, -0.05) is 23.7 Å². The van der Waals surface area contributed by atoms with Crippen molar-refractivity contribution >= 4 is 11.6 Å². The van der Waals surface area contributed by atoms with Gasteiger partial charge in [0.1, 0.15) is 11.0 Å². The van der Waals surface area contributed by atoms with Crippen molar-refractivity contribution in [3.05, 3.63) is 52.4 Å². The number of pyridine rings is 1. The first-order chi connectivity index (χ1) is 8.79. The number of benzene rings is 1. The molecule has 2 aromatic rings. The van der Waals surface area contributed by atoms with Crippen molar-refractivity contribution in [1.29, 1.82) is 0 Å². The highest BCUT2D eigenvalue weighted by atomic mass is 35.5. The Morgan fingerprint density at radius 3 is 2.47 bits per heavy atom. The summed E-state index contributed by atoms with van der Waals surface area (Å²) in [7, 11) is 0. The Morgan fingerprint density at radius 1 is 1.16 bits per heavy atom. The minimum atomic E-state index is -4.53. The van der Waals surface area contributed by atoms with Gasteiger partial charge in [0.25, 0.3) is 0 Å². The fourth-order valence-electron chi connectivity index (χ4n) is 1.68. The number of aromatic nitrogens is 1. The Hall–Kier alpha value is -1.62. The molecule has 1 heterocycles. The summed E-state index contributed by atoms with van der Waals surface area (Å²) in [6, 6.07) is 5.73. The zero-order chi connectivity index (χ0) is 14.2. The minimum absolute atomic E-state index is 0.00294. The fraction of sp³-hybridized carbons (Fsp3) is 0.154. The molecule has 0 amide bonds. The number of hydrogen-bond acceptors (Lipinski definition) is 1. The molecule has 0 aliphatic heterocycles. The monoisotopic (exact) mass is 289 g/mol. The minimum Gasteiger partial charge on any atom is -0.236 e. The molecular weight excluding hydrogens is 282 g/mol. The molecule has 0 atom stereocenters. The van der Waals surface area contributed by atoms with Crippen LogP contribution in [0.25, 0.3) is 11.3 Å². The topological polar surface area (TPSA) is 12.9 Å². The maximum atomic E-state index is 13.4. The second-order valence-corrected chi connectivity index (χ2v) is 4.36. The molecule has 0 saturated carbocycles. The lowest BCUT2D eigenvalue weighted by Gasteiger charge is -2.11. The van der Waals surface area contributed by atoms with Gasteiger partial charge < -0.3 is 0 Å². The van der Waals surface area contributed by atoms with Crippen LogP contribution in [-0.2, 0) is 6.18 Å². The number of alkyl halides is 3. The molecule has 2 rings (SSSR count). The molecule has 100 valence electrons. The van der Waals surface area contributed by atoms with Gasteiger partial charge in [-0.2, -0.15) is 13.2 Å². The fourth-order valence-corrected chi connectivity index (χ4v) is 1.89. The molecule has 0 saturated heterocycles. The SMILES string of the molecule is Cc1c(F)cccc1-c1cc(C(F)(F)F)cc(Cl)n1. The lowest BCUT2D eigenvalue weighted by molar-refractivity contribution is -0.137. The van der Waals surface area contributed by atoms with Gasteiger partial charge in [-0.3, -0.25) is 0 Å². The second-order valence-electron chi connectivity index (χ2n) is 3.97. The first-order valence-corrected chi connectivity index (χ1v) is 5.67. The van der Waals surface area contributed by atoms with Crippen molar-refractivity contribution in [3.8, 4) is 11.3 Å². The van der Waals surface area contributed by atoms with E-state index in [2.05, 4.69) is 4.98 Å². The maximum absolute atomic E-state index is 13.4. The van der Waals surface area contributed by atoms with E-state index in [4.69, 9.17) is 11.6 Å². The second kappa shape index (κ2) is 4.81. The lowest BCUT2D eigenvalue weighted by Crippen LogP contribution is -2.06. The summed E-state index contributed by atoms with van der Waals surface area (Å²) in [6.07, 6.45) is -4.53. The van der Waals surface area contributed by atoms with Crippen LogP contribution < -0.4 is 0 Å². The quantitative estimate of drug-likeness (QED) is 0.539. The highest BCUT2D eigenvalue weighted by Gasteiger charge is 2.31. The predicted octanol–water partition coefficient (Wildman–Crippen LogP) is 4.87. The van der Waals surface area contributed by atoms with Crippen molar-refractivity contribution < 1.29 is 17.6 Å². The third-order valence-corrected chi connectivity index (χ3v) is 2.86. The average Bonchev–Trinajstić information content (AvgIpc) is 2.31. The van der Waals surface area contributed by atoms with E-state index >= 15 is 0 Å². The van der Waals surface area contributed by atoms with Gasteiger partial charge >= 0.3 is 6.18 Å². The Bertz CT molecular complexity index is 623. The number of halogens is 5. The van der Waals surface area contributed by atoms with Crippen molar-refractivity contribution in [1.82, 2.24) is 4.98 Å². The van der Waals surface area contributed by atoms with Crippen LogP contribution in [0.5, 0.6) is 0 Å². The van der Waals surface area contributed by atoms with Gasteiger partial charge in [-0.25, -0.2) is 9.37 Å². The molecule has 1 aromatic heterocycles. The third-order valence-electron chi connectivity index (χ3n) is 2.67. The molecule has 0 unspecified atom stereocenters. The summed E-state index contributed by atoms with van der Waals surface area (Å²) in [5.74, 6) is -0.507. The largest absolute Gasteiger partial charge is 0.416 e. The van der Waals surface area contributed by atoms with Crippen LogP contribution in [0.3, 0.4) is 0 Å². The van der Waals surface area contributed by atoms with Gasteiger partial charge in [-0.05, 0) is 30.7 Å². The summed E-state index contributed by atoms with van der Waals surface area (Å²) in [5, 5.41) is -0.284. The van der Waals surface area contributed by atoms with Gasteiger partial charge in [0.15, 0.2) is 0 Å². The predicted molar refractivity (Wildman–Crippen MR) is 64.4 cm³/mol. The van der Waals surface area contributed by atoms with Gasteiger partial charge in [0.05, 0.1) is 11.3 Å². The number of rotatable bonds is 1. The standard InChI is InChI=1S/C13H8ClF4N/c1-7-9(3-2-4-10(7)15)11-5-8(13(16,17)18)6-12(14)19-11/h2-6H,1H3. The van der Waals surface area contributed by atoms with Gasteiger partial charge in [0, 0.05) is 5.56 Å². The Labute approximate surface area is 111 Å². The van der Waals surface area contributed by atoms with E-state index in [1.807, 2.05) is 0 Å². The average molecular weight is 290 g/mol. The van der Waals surface area contributed by atoms with Crippen LogP contribution in [-0.4, -0.2) is 4.98 Å². The van der Waals surface area contributed by atoms with E-state index in [1.54, 1.807) is 0 Å². The summed E-state index contributed by atoms with van der Waals surface area (Å²) in [6.45, 7) is 1.47. The zero-order valence-electron chi connectivity index (χ0n) is 9.72. The van der Waals surface area contributed by atoms with Gasteiger partial charge in [-0.15, -0.1) is 0 Å². The lowest BCUT2D eigenvalue weighted by atomic mass is 10.0. The molecule has 1 aromatic carbocycles. The molecule has 0 bridgehead atoms. The molecule has 1 nitrogen and oxygen atoms in total. The summed E-state index contributed by atoms with van der Waals surface area (Å²) in [4.78, 5) is 3.82. The summed E-state index contributed by atoms with van der Waals surface area (Å²) >= 11 is 5.59. The first kappa shape index (κ1) is 13.8. The zero-order valence-corrected chi connectivity index (χ0v) is 10.5. The Balaban J connectivity index is 2.63. The van der Waals surface area contributed by atoms with Crippen LogP contribution >= 0.6 is 11.6 Å². The maximum Gasteiger partial charge on any atom is 0.416 e. The molecular formula is C13H8ClF4N. The van der Waals surface area contributed by atoms with Crippen LogP contribution in [0.2, 0.25) is 5.15 Å². The summed E-state index contributed by atoms with van der Waals surface area (Å²) < 4.78 is 51.5. The van der Waals surface area contributed by atoms with E-state index in [-0.39, 0.29) is 22.0 Å².